The molecule has 0 radical (unpaired) electrons. The zero-order valence-electron chi connectivity index (χ0n) is 10.2. The van der Waals surface area contributed by atoms with Gasteiger partial charge in [-0.05, 0) is 18.2 Å². The maximum absolute atomic E-state index is 11.3. The smallest absolute Gasteiger partial charge is 0.347 e. The van der Waals surface area contributed by atoms with E-state index < -0.39 is 5.69 Å². The molecule has 6 nitrogen and oxygen atoms in total. The second-order valence-corrected chi connectivity index (χ2v) is 4.24. The van der Waals surface area contributed by atoms with Crippen molar-refractivity contribution in [3.63, 3.8) is 0 Å². The number of anilines is 1. The van der Waals surface area contributed by atoms with Gasteiger partial charge in [0.25, 0.3) is 0 Å². The highest BCUT2D eigenvalue weighted by Gasteiger charge is 2.12. The SMILES string of the molecule is Nc1cc(-c2ccc3c(c2)OCCCO3)[nH]c(=O)n1. The number of nitrogens with two attached hydrogens (primary N) is 1. The molecule has 3 N–H and O–H groups in total. The molecule has 1 aliphatic heterocycles. The molecule has 0 unspecified atom stereocenters. The van der Waals surface area contributed by atoms with Gasteiger partial charge in [0.2, 0.25) is 0 Å². The minimum absolute atomic E-state index is 0.186. The summed E-state index contributed by atoms with van der Waals surface area (Å²) < 4.78 is 11.2. The Labute approximate surface area is 109 Å². The van der Waals surface area contributed by atoms with Crippen molar-refractivity contribution >= 4 is 5.82 Å². The van der Waals surface area contributed by atoms with Crippen LogP contribution in [0, 0.1) is 0 Å². The Bertz CT molecular complexity index is 666. The maximum atomic E-state index is 11.3. The number of ether oxygens (including phenoxy) is 2. The van der Waals surface area contributed by atoms with Gasteiger partial charge in [0.15, 0.2) is 11.5 Å². The van der Waals surface area contributed by atoms with Crippen LogP contribution < -0.4 is 20.9 Å². The number of nitrogens with zero attached hydrogens (tertiary/aromatic N) is 1. The van der Waals surface area contributed by atoms with Gasteiger partial charge in [-0.1, -0.05) is 0 Å². The summed E-state index contributed by atoms with van der Waals surface area (Å²) in [6.07, 6.45) is 0.850. The van der Waals surface area contributed by atoms with Crippen molar-refractivity contribution in [2.24, 2.45) is 0 Å². The van der Waals surface area contributed by atoms with Crippen LogP contribution in [-0.4, -0.2) is 23.2 Å². The molecule has 1 aromatic carbocycles. The minimum Gasteiger partial charge on any atom is -0.490 e. The molecule has 0 aliphatic carbocycles. The van der Waals surface area contributed by atoms with E-state index in [9.17, 15) is 4.79 Å². The van der Waals surface area contributed by atoms with Gasteiger partial charge in [0, 0.05) is 18.1 Å². The third-order valence-corrected chi connectivity index (χ3v) is 2.82. The summed E-state index contributed by atoms with van der Waals surface area (Å²) in [6, 6.07) is 7.11. The van der Waals surface area contributed by atoms with E-state index in [-0.39, 0.29) is 5.82 Å². The first-order valence-electron chi connectivity index (χ1n) is 5.99. The summed E-state index contributed by atoms with van der Waals surface area (Å²) in [5.74, 6) is 1.57. The third kappa shape index (κ3) is 2.37. The normalized spacial score (nSPS) is 13.9. The minimum atomic E-state index is -0.470. The third-order valence-electron chi connectivity index (χ3n) is 2.82. The zero-order chi connectivity index (χ0) is 13.2. The molecule has 3 rings (SSSR count). The van der Waals surface area contributed by atoms with Crippen molar-refractivity contribution in [2.75, 3.05) is 18.9 Å². The van der Waals surface area contributed by atoms with Crippen LogP contribution in [0.3, 0.4) is 0 Å². The Kier molecular flexibility index (Phi) is 2.83. The van der Waals surface area contributed by atoms with Gasteiger partial charge in [0.1, 0.15) is 5.82 Å². The van der Waals surface area contributed by atoms with Crippen LogP contribution in [0.15, 0.2) is 29.1 Å². The zero-order valence-corrected chi connectivity index (χ0v) is 10.2. The van der Waals surface area contributed by atoms with E-state index in [0.717, 1.165) is 12.0 Å². The Hall–Kier alpha value is -2.50. The Morgan fingerprint density at radius 1 is 1.16 bits per heavy atom. The number of hydrogen-bond donors (Lipinski definition) is 2. The van der Waals surface area contributed by atoms with Gasteiger partial charge in [-0.2, -0.15) is 4.98 Å². The fourth-order valence-electron chi connectivity index (χ4n) is 1.96. The fraction of sp³-hybridized carbons (Fsp3) is 0.231. The number of rotatable bonds is 1. The molecule has 1 aromatic heterocycles. The highest BCUT2D eigenvalue weighted by molar-refractivity contribution is 5.65. The molecule has 0 spiro atoms. The number of aromatic nitrogens is 2. The molecule has 19 heavy (non-hydrogen) atoms. The summed E-state index contributed by atoms with van der Waals surface area (Å²) in [7, 11) is 0. The van der Waals surface area contributed by atoms with Crippen molar-refractivity contribution in [1.82, 2.24) is 9.97 Å². The lowest BCUT2D eigenvalue weighted by molar-refractivity contribution is 0.297. The second-order valence-electron chi connectivity index (χ2n) is 4.24. The van der Waals surface area contributed by atoms with Gasteiger partial charge in [-0.15, -0.1) is 0 Å². The number of H-pyrrole nitrogens is 1. The summed E-state index contributed by atoms with van der Waals surface area (Å²) >= 11 is 0. The van der Waals surface area contributed by atoms with Gasteiger partial charge in [-0.25, -0.2) is 4.79 Å². The molecule has 0 saturated carbocycles. The van der Waals surface area contributed by atoms with Gasteiger partial charge >= 0.3 is 5.69 Å². The molecule has 2 heterocycles. The van der Waals surface area contributed by atoms with E-state index in [1.807, 2.05) is 18.2 Å². The fourth-order valence-corrected chi connectivity index (χ4v) is 1.96. The number of fused-ring (bicyclic) bond motifs is 1. The van der Waals surface area contributed by atoms with Crippen molar-refractivity contribution < 1.29 is 9.47 Å². The van der Waals surface area contributed by atoms with Crippen LogP contribution >= 0.6 is 0 Å². The molecule has 1 aliphatic rings. The van der Waals surface area contributed by atoms with E-state index in [2.05, 4.69) is 9.97 Å². The summed E-state index contributed by atoms with van der Waals surface area (Å²) in [4.78, 5) is 17.5. The maximum Gasteiger partial charge on any atom is 0.347 e. The molecule has 0 atom stereocenters. The summed E-state index contributed by atoms with van der Waals surface area (Å²) in [6.45, 7) is 1.26. The topological polar surface area (TPSA) is 90.2 Å². The van der Waals surface area contributed by atoms with Crippen LogP contribution in [0.2, 0.25) is 0 Å². The number of nitrogen functional groups attached to an aromatic ring is 1. The van der Waals surface area contributed by atoms with E-state index in [1.54, 1.807) is 6.07 Å². The lowest BCUT2D eigenvalue weighted by atomic mass is 10.1. The van der Waals surface area contributed by atoms with Crippen molar-refractivity contribution in [1.29, 1.82) is 0 Å². The van der Waals surface area contributed by atoms with E-state index in [1.165, 1.54) is 0 Å². The molecule has 0 fully saturated rings. The molecule has 6 heteroatoms. The van der Waals surface area contributed by atoms with E-state index in [0.29, 0.717) is 30.4 Å². The Morgan fingerprint density at radius 3 is 2.74 bits per heavy atom. The predicted octanol–water partition coefficient (Wildman–Crippen LogP) is 1.18. The monoisotopic (exact) mass is 259 g/mol. The highest BCUT2D eigenvalue weighted by Crippen LogP contribution is 2.33. The van der Waals surface area contributed by atoms with Crippen LogP contribution in [-0.2, 0) is 0 Å². The van der Waals surface area contributed by atoms with Gasteiger partial charge in [0.05, 0.1) is 18.9 Å². The predicted molar refractivity (Wildman–Crippen MR) is 70.3 cm³/mol. The molecule has 0 saturated heterocycles. The van der Waals surface area contributed by atoms with E-state index in [4.69, 9.17) is 15.2 Å². The first kappa shape index (κ1) is 11.6. The number of nitrogens with one attached hydrogen (secondary N) is 1. The Morgan fingerprint density at radius 2 is 1.95 bits per heavy atom. The first-order valence-corrected chi connectivity index (χ1v) is 5.99. The van der Waals surface area contributed by atoms with Crippen LogP contribution in [0.1, 0.15) is 6.42 Å². The molecule has 0 bridgehead atoms. The van der Waals surface area contributed by atoms with Crippen LogP contribution in [0.25, 0.3) is 11.3 Å². The van der Waals surface area contributed by atoms with Gasteiger partial charge < -0.3 is 20.2 Å². The average molecular weight is 259 g/mol. The van der Waals surface area contributed by atoms with Crippen molar-refractivity contribution in [3.8, 4) is 22.8 Å². The summed E-state index contributed by atoms with van der Waals surface area (Å²) in [5, 5.41) is 0. The first-order chi connectivity index (χ1) is 9.22. The van der Waals surface area contributed by atoms with Crippen LogP contribution in [0.5, 0.6) is 11.5 Å². The van der Waals surface area contributed by atoms with Crippen molar-refractivity contribution in [3.05, 3.63) is 34.7 Å². The largest absolute Gasteiger partial charge is 0.490 e. The molecular weight excluding hydrogens is 246 g/mol. The highest BCUT2D eigenvalue weighted by atomic mass is 16.5. The molecule has 0 amide bonds. The average Bonchev–Trinajstić information content (AvgIpc) is 2.61. The van der Waals surface area contributed by atoms with Crippen molar-refractivity contribution in [2.45, 2.75) is 6.42 Å². The standard InChI is InChI=1S/C13H13N3O3/c14-12-7-9(15-13(17)16-12)8-2-3-10-11(6-8)19-5-1-4-18-10/h2-3,6-7H,1,4-5H2,(H3,14,15,16,17). The van der Waals surface area contributed by atoms with E-state index >= 15 is 0 Å². The number of aromatic amines is 1. The number of hydrogen-bond acceptors (Lipinski definition) is 5. The lowest BCUT2D eigenvalue weighted by Crippen LogP contribution is -2.13. The molecular formula is C13H13N3O3. The second kappa shape index (κ2) is 4.64. The Balaban J connectivity index is 2.06. The summed E-state index contributed by atoms with van der Waals surface area (Å²) in [5.41, 5.74) is 6.51. The number of benzene rings is 1. The molecule has 2 aromatic rings. The van der Waals surface area contributed by atoms with Crippen LogP contribution in [0.4, 0.5) is 5.82 Å². The molecule has 98 valence electrons. The lowest BCUT2D eigenvalue weighted by Gasteiger charge is -2.09. The van der Waals surface area contributed by atoms with Gasteiger partial charge in [-0.3, -0.25) is 0 Å². The quantitative estimate of drug-likeness (QED) is 0.802.